The first-order chi connectivity index (χ1) is 9.03. The zero-order valence-corrected chi connectivity index (χ0v) is 11.3. The standard InChI is InChI=1S/C13H22F2N2O2/c1-2-7-17(10-3-5-16-6-4-10)9-11-8-13(14,15)12(18)19-11/h10-11,16H,2-9H2,1H3. The van der Waals surface area contributed by atoms with Gasteiger partial charge in [-0.05, 0) is 38.9 Å². The quantitative estimate of drug-likeness (QED) is 0.771. The first-order valence-electron chi connectivity index (χ1n) is 7.06. The van der Waals surface area contributed by atoms with E-state index in [4.69, 9.17) is 4.74 Å². The van der Waals surface area contributed by atoms with Crippen molar-refractivity contribution in [1.82, 2.24) is 10.2 Å². The van der Waals surface area contributed by atoms with E-state index in [2.05, 4.69) is 17.1 Å². The van der Waals surface area contributed by atoms with E-state index in [1.807, 2.05) is 0 Å². The van der Waals surface area contributed by atoms with Crippen LogP contribution in [0.2, 0.25) is 0 Å². The zero-order chi connectivity index (χ0) is 13.9. The predicted octanol–water partition coefficient (Wildman–Crippen LogP) is 1.40. The van der Waals surface area contributed by atoms with Crippen LogP contribution < -0.4 is 5.32 Å². The van der Waals surface area contributed by atoms with Crippen molar-refractivity contribution in [3.05, 3.63) is 0 Å². The second kappa shape index (κ2) is 6.13. The smallest absolute Gasteiger partial charge is 0.377 e. The molecule has 0 amide bonds. The van der Waals surface area contributed by atoms with Gasteiger partial charge in [-0.2, -0.15) is 8.78 Å². The van der Waals surface area contributed by atoms with Gasteiger partial charge in [-0.1, -0.05) is 6.92 Å². The number of ether oxygens (including phenoxy) is 1. The molecule has 19 heavy (non-hydrogen) atoms. The maximum Gasteiger partial charge on any atom is 0.377 e. The number of carbonyl (C=O) groups excluding carboxylic acids is 1. The van der Waals surface area contributed by atoms with Crippen molar-refractivity contribution in [2.75, 3.05) is 26.2 Å². The number of hydrogen-bond acceptors (Lipinski definition) is 4. The number of nitrogens with zero attached hydrogens (tertiary/aromatic N) is 1. The van der Waals surface area contributed by atoms with Gasteiger partial charge in [0.25, 0.3) is 0 Å². The molecule has 1 N–H and O–H groups in total. The van der Waals surface area contributed by atoms with Gasteiger partial charge in [0.05, 0.1) is 6.42 Å². The fourth-order valence-corrected chi connectivity index (χ4v) is 2.89. The molecule has 0 aromatic rings. The summed E-state index contributed by atoms with van der Waals surface area (Å²) >= 11 is 0. The van der Waals surface area contributed by atoms with Gasteiger partial charge in [0.15, 0.2) is 0 Å². The lowest BCUT2D eigenvalue weighted by Crippen LogP contribution is -2.46. The largest absolute Gasteiger partial charge is 0.456 e. The van der Waals surface area contributed by atoms with E-state index in [0.717, 1.165) is 38.9 Å². The van der Waals surface area contributed by atoms with E-state index in [9.17, 15) is 13.6 Å². The highest BCUT2D eigenvalue weighted by atomic mass is 19.3. The van der Waals surface area contributed by atoms with Crippen molar-refractivity contribution in [2.45, 2.75) is 50.7 Å². The average Bonchev–Trinajstić information content (AvgIpc) is 2.63. The Balaban J connectivity index is 1.91. The van der Waals surface area contributed by atoms with Crippen LogP contribution >= 0.6 is 0 Å². The van der Waals surface area contributed by atoms with Crippen molar-refractivity contribution >= 4 is 5.97 Å². The van der Waals surface area contributed by atoms with Crippen molar-refractivity contribution in [1.29, 1.82) is 0 Å². The third-order valence-electron chi connectivity index (χ3n) is 3.83. The molecule has 0 aliphatic carbocycles. The van der Waals surface area contributed by atoms with Gasteiger partial charge >= 0.3 is 11.9 Å². The van der Waals surface area contributed by atoms with Crippen LogP contribution in [0.3, 0.4) is 0 Å². The van der Waals surface area contributed by atoms with Gasteiger partial charge in [-0.25, -0.2) is 4.79 Å². The predicted molar refractivity (Wildman–Crippen MR) is 67.2 cm³/mol. The summed E-state index contributed by atoms with van der Waals surface area (Å²) in [6.45, 7) is 5.30. The first kappa shape index (κ1) is 14.7. The molecule has 2 saturated heterocycles. The molecule has 0 saturated carbocycles. The summed E-state index contributed by atoms with van der Waals surface area (Å²) in [5.41, 5.74) is 0. The summed E-state index contributed by atoms with van der Waals surface area (Å²) in [5.74, 6) is -4.66. The molecule has 1 atom stereocenters. The number of halogens is 2. The number of cyclic esters (lactones) is 1. The molecular weight excluding hydrogens is 254 g/mol. The molecule has 0 aromatic heterocycles. The maximum atomic E-state index is 13.2. The molecule has 2 aliphatic heterocycles. The van der Waals surface area contributed by atoms with E-state index in [0.29, 0.717) is 12.6 Å². The molecule has 0 spiro atoms. The summed E-state index contributed by atoms with van der Waals surface area (Å²) in [6, 6.07) is 0.411. The van der Waals surface area contributed by atoms with E-state index in [-0.39, 0.29) is 0 Å². The van der Waals surface area contributed by atoms with Crippen LogP contribution in [0.1, 0.15) is 32.6 Å². The van der Waals surface area contributed by atoms with Crippen LogP contribution in [0.5, 0.6) is 0 Å². The number of esters is 1. The van der Waals surface area contributed by atoms with Crippen LogP contribution in [-0.2, 0) is 9.53 Å². The molecule has 0 aromatic carbocycles. The minimum Gasteiger partial charge on any atom is -0.456 e. The maximum absolute atomic E-state index is 13.2. The number of nitrogens with one attached hydrogen (secondary N) is 1. The van der Waals surface area contributed by atoms with Crippen molar-refractivity contribution in [3.63, 3.8) is 0 Å². The Labute approximate surface area is 112 Å². The topological polar surface area (TPSA) is 41.6 Å². The zero-order valence-electron chi connectivity index (χ0n) is 11.3. The van der Waals surface area contributed by atoms with Gasteiger partial charge in [-0.3, -0.25) is 4.90 Å². The molecule has 2 fully saturated rings. The number of piperidine rings is 1. The third kappa shape index (κ3) is 3.63. The molecule has 2 aliphatic rings. The van der Waals surface area contributed by atoms with Gasteiger partial charge < -0.3 is 10.1 Å². The molecule has 6 heteroatoms. The lowest BCUT2D eigenvalue weighted by Gasteiger charge is -2.35. The van der Waals surface area contributed by atoms with Crippen LogP contribution in [0.4, 0.5) is 8.78 Å². The number of rotatable bonds is 5. The second-order valence-electron chi connectivity index (χ2n) is 5.41. The molecule has 110 valence electrons. The van der Waals surface area contributed by atoms with E-state index < -0.39 is 24.4 Å². The third-order valence-corrected chi connectivity index (χ3v) is 3.83. The summed E-state index contributed by atoms with van der Waals surface area (Å²) < 4.78 is 31.1. The Kier molecular flexibility index (Phi) is 4.73. The minimum atomic E-state index is -3.29. The molecule has 2 heterocycles. The van der Waals surface area contributed by atoms with Crippen LogP contribution in [-0.4, -0.2) is 55.1 Å². The normalized spacial score (nSPS) is 27.8. The Morgan fingerprint density at radius 3 is 2.63 bits per heavy atom. The lowest BCUT2D eigenvalue weighted by atomic mass is 10.0. The Bertz CT molecular complexity index is 320. The highest BCUT2D eigenvalue weighted by molar-refractivity contribution is 5.79. The highest BCUT2D eigenvalue weighted by Gasteiger charge is 2.51. The van der Waals surface area contributed by atoms with Crippen molar-refractivity contribution in [3.8, 4) is 0 Å². The van der Waals surface area contributed by atoms with E-state index >= 15 is 0 Å². The van der Waals surface area contributed by atoms with Crippen LogP contribution in [0.15, 0.2) is 0 Å². The lowest BCUT2D eigenvalue weighted by molar-refractivity contribution is -0.159. The van der Waals surface area contributed by atoms with Gasteiger partial charge in [0.2, 0.25) is 0 Å². The van der Waals surface area contributed by atoms with Gasteiger partial charge in [0, 0.05) is 12.6 Å². The van der Waals surface area contributed by atoms with Crippen LogP contribution in [0, 0.1) is 0 Å². The number of hydrogen-bond donors (Lipinski definition) is 1. The Morgan fingerprint density at radius 1 is 1.42 bits per heavy atom. The minimum absolute atomic E-state index is 0.411. The van der Waals surface area contributed by atoms with E-state index in [1.54, 1.807) is 0 Å². The van der Waals surface area contributed by atoms with Gasteiger partial charge in [0.1, 0.15) is 6.10 Å². The highest BCUT2D eigenvalue weighted by Crippen LogP contribution is 2.31. The number of carbonyl (C=O) groups is 1. The first-order valence-corrected chi connectivity index (χ1v) is 7.06. The average molecular weight is 276 g/mol. The summed E-state index contributed by atoms with van der Waals surface area (Å²) in [7, 11) is 0. The Morgan fingerprint density at radius 2 is 2.11 bits per heavy atom. The summed E-state index contributed by atoms with van der Waals surface area (Å²) in [5, 5.41) is 3.29. The fourth-order valence-electron chi connectivity index (χ4n) is 2.89. The summed E-state index contributed by atoms with van der Waals surface area (Å²) in [4.78, 5) is 13.2. The van der Waals surface area contributed by atoms with Crippen LogP contribution in [0.25, 0.3) is 0 Å². The Hall–Kier alpha value is -0.750. The molecule has 2 rings (SSSR count). The molecule has 0 bridgehead atoms. The van der Waals surface area contributed by atoms with Crippen molar-refractivity contribution in [2.24, 2.45) is 0 Å². The molecular formula is C13H22F2N2O2. The van der Waals surface area contributed by atoms with E-state index in [1.165, 1.54) is 0 Å². The fraction of sp³-hybridized carbons (Fsp3) is 0.923. The van der Waals surface area contributed by atoms with Crippen molar-refractivity contribution < 1.29 is 18.3 Å². The molecule has 0 radical (unpaired) electrons. The summed E-state index contributed by atoms with van der Waals surface area (Å²) in [6.07, 6.45) is 1.88. The van der Waals surface area contributed by atoms with Gasteiger partial charge in [-0.15, -0.1) is 0 Å². The molecule has 1 unspecified atom stereocenters. The number of alkyl halides is 2. The monoisotopic (exact) mass is 276 g/mol. The SMILES string of the molecule is CCCN(CC1CC(F)(F)C(=O)O1)C1CCNCC1. The molecule has 4 nitrogen and oxygen atoms in total. The second-order valence-corrected chi connectivity index (χ2v) is 5.41.